The van der Waals surface area contributed by atoms with Crippen molar-refractivity contribution in [1.82, 2.24) is 5.32 Å². The largest absolute Gasteiger partial charge is 0.480 e. The van der Waals surface area contributed by atoms with Crippen LogP contribution in [0.1, 0.15) is 30.6 Å². The van der Waals surface area contributed by atoms with Gasteiger partial charge in [-0.15, -0.1) is 0 Å². The van der Waals surface area contributed by atoms with Crippen molar-refractivity contribution in [3.63, 3.8) is 0 Å². The van der Waals surface area contributed by atoms with Crippen LogP contribution in [0.25, 0.3) is 0 Å². The second kappa shape index (κ2) is 6.40. The third-order valence-corrected chi connectivity index (χ3v) is 3.21. The van der Waals surface area contributed by atoms with Gasteiger partial charge in [0.2, 0.25) is 0 Å². The van der Waals surface area contributed by atoms with Crippen molar-refractivity contribution in [3.8, 4) is 0 Å². The van der Waals surface area contributed by atoms with Crippen molar-refractivity contribution in [1.29, 1.82) is 0 Å². The summed E-state index contributed by atoms with van der Waals surface area (Å²) in [7, 11) is 0. The molecule has 98 valence electrons. The highest BCUT2D eigenvalue weighted by Gasteiger charge is 2.26. The van der Waals surface area contributed by atoms with Crippen molar-refractivity contribution in [2.75, 3.05) is 0 Å². The minimum absolute atomic E-state index is 0.145. The van der Waals surface area contributed by atoms with E-state index in [-0.39, 0.29) is 11.5 Å². The molecule has 0 aliphatic heterocycles. The Kier molecular flexibility index (Phi) is 5.16. The van der Waals surface area contributed by atoms with Gasteiger partial charge in [-0.1, -0.05) is 44.0 Å². The zero-order chi connectivity index (χ0) is 13.7. The third kappa shape index (κ3) is 3.47. The van der Waals surface area contributed by atoms with E-state index >= 15 is 0 Å². The van der Waals surface area contributed by atoms with Crippen molar-refractivity contribution in [2.24, 2.45) is 5.92 Å². The maximum Gasteiger partial charge on any atom is 0.326 e. The molecule has 4 nitrogen and oxygen atoms in total. The van der Waals surface area contributed by atoms with Gasteiger partial charge >= 0.3 is 5.97 Å². The molecule has 0 aromatic heterocycles. The number of rotatable bonds is 5. The molecule has 18 heavy (non-hydrogen) atoms. The molecule has 1 rings (SSSR count). The Morgan fingerprint density at radius 2 is 2.00 bits per heavy atom. The summed E-state index contributed by atoms with van der Waals surface area (Å²) in [5.74, 6) is -1.65. The Hall–Kier alpha value is -1.55. The molecule has 0 radical (unpaired) electrons. The van der Waals surface area contributed by atoms with Crippen molar-refractivity contribution < 1.29 is 14.7 Å². The zero-order valence-corrected chi connectivity index (χ0v) is 11.1. The summed E-state index contributed by atoms with van der Waals surface area (Å²) >= 11 is 5.89. The molecule has 1 aromatic rings. The van der Waals surface area contributed by atoms with Gasteiger partial charge in [-0.25, -0.2) is 4.79 Å². The first-order chi connectivity index (χ1) is 8.47. The van der Waals surface area contributed by atoms with Gasteiger partial charge in [0, 0.05) is 0 Å². The van der Waals surface area contributed by atoms with Crippen LogP contribution in [0, 0.1) is 5.92 Å². The summed E-state index contributed by atoms with van der Waals surface area (Å²) in [5, 5.41) is 11.9. The first-order valence-electron chi connectivity index (χ1n) is 5.75. The molecule has 0 aliphatic rings. The Balaban J connectivity index is 2.86. The standard InChI is InChI=1S/C13H16ClNO3/c1-3-8(2)11(13(17)18)15-12(16)9-6-4-5-7-10(9)14/h4-8,11H,3H2,1-2H3,(H,15,16)(H,17,18)/t8-,11+/m0/s1. The predicted molar refractivity (Wildman–Crippen MR) is 69.8 cm³/mol. The lowest BCUT2D eigenvalue weighted by Crippen LogP contribution is -2.45. The fraction of sp³-hybridized carbons (Fsp3) is 0.385. The van der Waals surface area contributed by atoms with Crippen LogP contribution in [0.3, 0.4) is 0 Å². The second-order valence-corrected chi connectivity index (χ2v) is 4.56. The summed E-state index contributed by atoms with van der Waals surface area (Å²) in [4.78, 5) is 23.0. The Morgan fingerprint density at radius 3 is 2.50 bits per heavy atom. The molecule has 5 heteroatoms. The smallest absolute Gasteiger partial charge is 0.326 e. The molecule has 0 heterocycles. The molecular formula is C13H16ClNO3. The minimum Gasteiger partial charge on any atom is -0.480 e. The number of amides is 1. The number of hydrogen-bond donors (Lipinski definition) is 2. The van der Waals surface area contributed by atoms with Gasteiger partial charge in [-0.3, -0.25) is 4.79 Å². The van der Waals surface area contributed by atoms with Gasteiger partial charge in [0.1, 0.15) is 6.04 Å². The average molecular weight is 270 g/mol. The number of benzene rings is 1. The zero-order valence-electron chi connectivity index (χ0n) is 10.3. The summed E-state index contributed by atoms with van der Waals surface area (Å²) in [6.45, 7) is 3.66. The molecular weight excluding hydrogens is 254 g/mol. The van der Waals surface area contributed by atoms with E-state index < -0.39 is 17.9 Å². The van der Waals surface area contributed by atoms with Gasteiger partial charge in [-0.05, 0) is 18.1 Å². The average Bonchev–Trinajstić information content (AvgIpc) is 2.35. The summed E-state index contributed by atoms with van der Waals surface area (Å²) < 4.78 is 0. The van der Waals surface area contributed by atoms with Crippen LogP contribution in [0.4, 0.5) is 0 Å². The normalized spacial score (nSPS) is 13.7. The number of carbonyl (C=O) groups is 2. The Morgan fingerprint density at radius 1 is 1.39 bits per heavy atom. The van der Waals surface area contributed by atoms with Crippen molar-refractivity contribution in [2.45, 2.75) is 26.3 Å². The van der Waals surface area contributed by atoms with Gasteiger partial charge in [0.25, 0.3) is 5.91 Å². The van der Waals surface area contributed by atoms with E-state index in [4.69, 9.17) is 16.7 Å². The summed E-state index contributed by atoms with van der Waals surface area (Å²) in [6, 6.07) is 5.64. The van der Waals surface area contributed by atoms with E-state index in [1.165, 1.54) is 0 Å². The van der Waals surface area contributed by atoms with E-state index in [2.05, 4.69) is 5.32 Å². The van der Waals surface area contributed by atoms with Crippen LogP contribution in [-0.2, 0) is 4.79 Å². The topological polar surface area (TPSA) is 66.4 Å². The van der Waals surface area contributed by atoms with Crippen LogP contribution in [0.5, 0.6) is 0 Å². The molecule has 0 spiro atoms. The number of nitrogens with one attached hydrogen (secondary N) is 1. The van der Waals surface area contributed by atoms with Gasteiger partial charge in [-0.2, -0.15) is 0 Å². The lowest BCUT2D eigenvalue weighted by molar-refractivity contribution is -0.140. The first kappa shape index (κ1) is 14.5. The number of carbonyl (C=O) groups excluding carboxylic acids is 1. The molecule has 0 saturated heterocycles. The molecule has 1 aromatic carbocycles. The fourth-order valence-electron chi connectivity index (χ4n) is 1.55. The maximum atomic E-state index is 11.9. The Labute approximate surface area is 111 Å². The second-order valence-electron chi connectivity index (χ2n) is 4.15. The molecule has 0 saturated carbocycles. The van der Waals surface area contributed by atoms with Crippen LogP contribution in [0.15, 0.2) is 24.3 Å². The number of carboxylic acids is 1. The number of aliphatic carboxylic acids is 1. The number of carboxylic acid groups (broad SMARTS) is 1. The lowest BCUT2D eigenvalue weighted by Gasteiger charge is -2.20. The van der Waals surface area contributed by atoms with Crippen molar-refractivity contribution >= 4 is 23.5 Å². The highest BCUT2D eigenvalue weighted by atomic mass is 35.5. The molecule has 2 N–H and O–H groups in total. The van der Waals surface area contributed by atoms with E-state index in [9.17, 15) is 9.59 Å². The van der Waals surface area contributed by atoms with Crippen LogP contribution in [-0.4, -0.2) is 23.0 Å². The monoisotopic (exact) mass is 269 g/mol. The first-order valence-corrected chi connectivity index (χ1v) is 6.13. The van der Waals surface area contributed by atoms with Crippen LogP contribution in [0.2, 0.25) is 5.02 Å². The predicted octanol–water partition coefficient (Wildman–Crippen LogP) is 2.57. The molecule has 0 bridgehead atoms. The van der Waals surface area contributed by atoms with E-state index in [0.717, 1.165) is 0 Å². The molecule has 0 unspecified atom stereocenters. The number of halogens is 1. The quantitative estimate of drug-likeness (QED) is 0.863. The fourth-order valence-corrected chi connectivity index (χ4v) is 1.77. The number of hydrogen-bond acceptors (Lipinski definition) is 2. The van der Waals surface area contributed by atoms with E-state index in [1.54, 1.807) is 31.2 Å². The van der Waals surface area contributed by atoms with Gasteiger partial charge < -0.3 is 10.4 Å². The maximum absolute atomic E-state index is 11.9. The molecule has 0 aliphatic carbocycles. The third-order valence-electron chi connectivity index (χ3n) is 2.88. The van der Waals surface area contributed by atoms with Gasteiger partial charge in [0.05, 0.1) is 10.6 Å². The van der Waals surface area contributed by atoms with Crippen LogP contribution >= 0.6 is 11.6 Å². The van der Waals surface area contributed by atoms with E-state index in [0.29, 0.717) is 11.4 Å². The molecule has 0 fully saturated rings. The SMILES string of the molecule is CC[C@H](C)[C@@H](NC(=O)c1ccccc1Cl)C(=O)O. The highest BCUT2D eigenvalue weighted by molar-refractivity contribution is 6.33. The van der Waals surface area contributed by atoms with Crippen LogP contribution < -0.4 is 5.32 Å². The van der Waals surface area contributed by atoms with Gasteiger partial charge in [0.15, 0.2) is 0 Å². The molecule has 1 amide bonds. The Bertz CT molecular complexity index is 448. The van der Waals surface area contributed by atoms with E-state index in [1.807, 2.05) is 6.92 Å². The summed E-state index contributed by atoms with van der Waals surface area (Å²) in [6.07, 6.45) is 0.666. The lowest BCUT2D eigenvalue weighted by atomic mass is 9.99. The minimum atomic E-state index is -1.04. The highest BCUT2D eigenvalue weighted by Crippen LogP contribution is 2.16. The van der Waals surface area contributed by atoms with Crippen molar-refractivity contribution in [3.05, 3.63) is 34.9 Å². The summed E-state index contributed by atoms with van der Waals surface area (Å²) in [5.41, 5.74) is 0.286. The molecule has 2 atom stereocenters.